The fraction of sp³-hybridized carbons (Fsp3) is 0.636. The molecule has 3 rings (SSSR count). The Labute approximate surface area is 178 Å². The highest BCUT2D eigenvalue weighted by atomic mass is 32.2. The van der Waals surface area contributed by atoms with Crippen LogP contribution in [0.3, 0.4) is 0 Å². The fourth-order valence-corrected chi connectivity index (χ4v) is 4.57. The van der Waals surface area contributed by atoms with Gasteiger partial charge in [0, 0.05) is 19.8 Å². The van der Waals surface area contributed by atoms with Crippen LogP contribution in [-0.4, -0.2) is 57.8 Å². The molecule has 0 atom stereocenters. The summed E-state index contributed by atoms with van der Waals surface area (Å²) in [6.07, 6.45) is 7.71. The van der Waals surface area contributed by atoms with E-state index >= 15 is 0 Å². The lowest BCUT2D eigenvalue weighted by molar-refractivity contribution is 0.0636. The largest absolute Gasteiger partial charge is 0.381 e. The van der Waals surface area contributed by atoms with Crippen LogP contribution in [0.2, 0.25) is 0 Å². The molecule has 0 unspecified atom stereocenters. The maximum Gasteiger partial charge on any atom is 0.264 e. The van der Waals surface area contributed by atoms with Gasteiger partial charge in [0.15, 0.2) is 0 Å². The van der Waals surface area contributed by atoms with E-state index in [2.05, 4.69) is 0 Å². The van der Waals surface area contributed by atoms with Crippen LogP contribution in [0.25, 0.3) is 0 Å². The van der Waals surface area contributed by atoms with E-state index in [4.69, 9.17) is 8.92 Å². The molecule has 2 aliphatic rings. The van der Waals surface area contributed by atoms with Gasteiger partial charge in [-0.2, -0.15) is 8.42 Å². The number of hydrogen-bond acceptors (Lipinski definition) is 6. The van der Waals surface area contributed by atoms with Crippen LogP contribution in [0, 0.1) is 11.8 Å². The van der Waals surface area contributed by atoms with E-state index < -0.39 is 10.1 Å². The summed E-state index contributed by atoms with van der Waals surface area (Å²) in [6.45, 7) is 2.16. The van der Waals surface area contributed by atoms with E-state index in [-0.39, 0.29) is 11.8 Å². The van der Waals surface area contributed by atoms with Gasteiger partial charge in [-0.05, 0) is 68.9 Å². The predicted molar refractivity (Wildman–Crippen MR) is 113 cm³/mol. The van der Waals surface area contributed by atoms with Crippen LogP contribution in [0.1, 0.15) is 65.7 Å². The second kappa shape index (κ2) is 10.5. The lowest BCUT2D eigenvalue weighted by Gasteiger charge is -2.27. The van der Waals surface area contributed by atoms with Gasteiger partial charge in [-0.25, -0.2) is 0 Å². The van der Waals surface area contributed by atoms with Crippen LogP contribution in [0.5, 0.6) is 0 Å². The summed E-state index contributed by atoms with van der Waals surface area (Å²) in [6, 6.07) is 6.96. The molecule has 1 heterocycles. The third-order valence-corrected chi connectivity index (χ3v) is 6.45. The van der Waals surface area contributed by atoms with Crippen LogP contribution in [0.15, 0.2) is 24.3 Å². The van der Waals surface area contributed by atoms with Gasteiger partial charge >= 0.3 is 0 Å². The average molecular weight is 438 g/mol. The molecule has 2 amide bonds. The number of hydrogen-bond donors (Lipinski definition) is 0. The molecule has 0 saturated heterocycles. The van der Waals surface area contributed by atoms with E-state index in [1.54, 1.807) is 24.3 Å². The van der Waals surface area contributed by atoms with Gasteiger partial charge in [-0.3, -0.25) is 18.7 Å². The smallest absolute Gasteiger partial charge is 0.264 e. The molecular weight excluding hydrogens is 406 g/mol. The molecule has 30 heavy (non-hydrogen) atoms. The van der Waals surface area contributed by atoms with Gasteiger partial charge in [0.1, 0.15) is 0 Å². The number of amides is 2. The maximum absolute atomic E-state index is 12.3. The summed E-state index contributed by atoms with van der Waals surface area (Å²) < 4.78 is 32.9. The van der Waals surface area contributed by atoms with Gasteiger partial charge in [-0.15, -0.1) is 0 Å². The normalized spacial score (nSPS) is 21.8. The molecule has 0 bridgehead atoms. The second-order valence-corrected chi connectivity index (χ2v) is 9.96. The van der Waals surface area contributed by atoms with Crippen molar-refractivity contribution in [2.45, 2.75) is 44.9 Å². The molecule has 1 aliphatic carbocycles. The molecule has 0 radical (unpaired) electrons. The number of ether oxygens (including phenoxy) is 1. The first kappa shape index (κ1) is 22.9. The Balaban J connectivity index is 1.23. The molecule has 0 N–H and O–H groups in total. The lowest BCUT2D eigenvalue weighted by atomic mass is 9.83. The third-order valence-electron chi connectivity index (χ3n) is 5.89. The number of unbranched alkanes of at least 4 members (excludes halogenated alkanes) is 2. The lowest BCUT2D eigenvalue weighted by Crippen LogP contribution is -2.30. The van der Waals surface area contributed by atoms with Crippen LogP contribution >= 0.6 is 0 Å². The zero-order valence-corrected chi connectivity index (χ0v) is 18.4. The van der Waals surface area contributed by atoms with Crippen molar-refractivity contribution in [3.05, 3.63) is 35.4 Å². The van der Waals surface area contributed by atoms with Crippen LogP contribution in [0.4, 0.5) is 0 Å². The van der Waals surface area contributed by atoms with Gasteiger partial charge in [0.2, 0.25) is 0 Å². The Kier molecular flexibility index (Phi) is 8.02. The Bertz CT molecular complexity index is 810. The third kappa shape index (κ3) is 6.36. The van der Waals surface area contributed by atoms with Gasteiger partial charge in [-0.1, -0.05) is 12.1 Å². The Morgan fingerprint density at radius 1 is 0.900 bits per heavy atom. The zero-order chi connectivity index (χ0) is 21.6. The molecule has 1 aromatic carbocycles. The minimum absolute atomic E-state index is 0.190. The predicted octanol–water partition coefficient (Wildman–Crippen LogP) is 3.25. The molecule has 1 aromatic rings. The van der Waals surface area contributed by atoms with E-state index in [1.807, 2.05) is 0 Å². The van der Waals surface area contributed by atoms with Crippen molar-refractivity contribution in [2.24, 2.45) is 11.8 Å². The van der Waals surface area contributed by atoms with Crippen molar-refractivity contribution in [1.29, 1.82) is 0 Å². The van der Waals surface area contributed by atoms with E-state index in [0.29, 0.717) is 42.7 Å². The molecular formula is C22H31NO6S. The van der Waals surface area contributed by atoms with Crippen LogP contribution in [-0.2, 0) is 19.0 Å². The quantitative estimate of drug-likeness (QED) is 0.300. The number of carbonyl (C=O) groups is 2. The number of benzene rings is 1. The van der Waals surface area contributed by atoms with Crippen LogP contribution < -0.4 is 0 Å². The SMILES string of the molecule is CS(=O)(=O)OC[C@H]1CC[C@H](COCCCCCN2C(=O)c3ccccc3C2=O)CC1. The summed E-state index contributed by atoms with van der Waals surface area (Å²) in [4.78, 5) is 26.0. The molecule has 0 aromatic heterocycles. The molecule has 1 aliphatic heterocycles. The van der Waals surface area contributed by atoms with Crippen molar-refractivity contribution in [2.75, 3.05) is 32.6 Å². The first-order valence-corrected chi connectivity index (χ1v) is 12.5. The number of carbonyl (C=O) groups excluding carboxylic acids is 2. The maximum atomic E-state index is 12.3. The number of rotatable bonds is 11. The first-order chi connectivity index (χ1) is 14.3. The zero-order valence-electron chi connectivity index (χ0n) is 17.5. The van der Waals surface area contributed by atoms with Crippen molar-refractivity contribution in [3.8, 4) is 0 Å². The second-order valence-electron chi connectivity index (χ2n) is 8.32. The van der Waals surface area contributed by atoms with E-state index in [0.717, 1.165) is 57.8 Å². The topological polar surface area (TPSA) is 90.0 Å². The molecule has 0 spiro atoms. The first-order valence-electron chi connectivity index (χ1n) is 10.7. The average Bonchev–Trinajstić information content (AvgIpc) is 2.97. The van der Waals surface area contributed by atoms with Gasteiger partial charge < -0.3 is 4.74 Å². The summed E-state index contributed by atoms with van der Waals surface area (Å²) in [5.41, 5.74) is 1.01. The van der Waals surface area contributed by atoms with Gasteiger partial charge in [0.05, 0.1) is 24.0 Å². The monoisotopic (exact) mass is 437 g/mol. The minimum atomic E-state index is -3.35. The van der Waals surface area contributed by atoms with E-state index in [9.17, 15) is 18.0 Å². The number of imide groups is 1. The molecule has 166 valence electrons. The number of nitrogens with zero attached hydrogens (tertiary/aromatic N) is 1. The molecule has 8 heteroatoms. The molecule has 1 saturated carbocycles. The van der Waals surface area contributed by atoms with Crippen molar-refractivity contribution in [3.63, 3.8) is 0 Å². The number of fused-ring (bicyclic) bond motifs is 1. The summed E-state index contributed by atoms with van der Waals surface area (Å²) in [5.74, 6) is 0.463. The molecule has 1 fully saturated rings. The van der Waals surface area contributed by atoms with Crippen molar-refractivity contribution in [1.82, 2.24) is 4.90 Å². The Hall–Kier alpha value is -1.77. The highest BCUT2D eigenvalue weighted by molar-refractivity contribution is 7.85. The van der Waals surface area contributed by atoms with E-state index in [1.165, 1.54) is 4.90 Å². The fourth-order valence-electron chi connectivity index (χ4n) is 4.13. The summed E-state index contributed by atoms with van der Waals surface area (Å²) in [5, 5.41) is 0. The minimum Gasteiger partial charge on any atom is -0.381 e. The van der Waals surface area contributed by atoms with Crippen molar-refractivity contribution >= 4 is 21.9 Å². The van der Waals surface area contributed by atoms with Gasteiger partial charge in [0.25, 0.3) is 21.9 Å². The Morgan fingerprint density at radius 3 is 2.03 bits per heavy atom. The highest BCUT2D eigenvalue weighted by Crippen LogP contribution is 2.29. The van der Waals surface area contributed by atoms with Crippen molar-refractivity contribution < 1.29 is 26.9 Å². The standard InChI is InChI=1S/C22H31NO6S/c1-30(26,27)29-16-18-11-9-17(10-12-18)15-28-14-6-2-5-13-23-21(24)19-7-3-4-8-20(19)22(23)25/h3-4,7-8,17-18H,2,5-6,9-16H2,1H3/t17-,18-. The summed E-state index contributed by atoms with van der Waals surface area (Å²) >= 11 is 0. The Morgan fingerprint density at radius 2 is 1.47 bits per heavy atom. The summed E-state index contributed by atoms with van der Waals surface area (Å²) in [7, 11) is -3.35. The highest BCUT2D eigenvalue weighted by Gasteiger charge is 2.34. The molecule has 7 nitrogen and oxygen atoms in total.